The highest BCUT2D eigenvalue weighted by molar-refractivity contribution is 7.09. The fourth-order valence-electron chi connectivity index (χ4n) is 3.02. The predicted octanol–water partition coefficient (Wildman–Crippen LogP) is 2.22. The number of hydrogen-bond acceptors (Lipinski definition) is 7. The van der Waals surface area contributed by atoms with Crippen molar-refractivity contribution >= 4 is 17.2 Å². The summed E-state index contributed by atoms with van der Waals surface area (Å²) in [6, 6.07) is 5.97. The summed E-state index contributed by atoms with van der Waals surface area (Å²) < 4.78 is 12.9. The van der Waals surface area contributed by atoms with Crippen LogP contribution < -0.4 is 0 Å². The zero-order valence-corrected chi connectivity index (χ0v) is 15.9. The quantitative estimate of drug-likeness (QED) is 0.645. The second kappa shape index (κ2) is 8.01. The number of hydrogen-bond donors (Lipinski definition) is 0. The normalized spacial score (nSPS) is 17.4. The largest absolute Gasteiger partial charge is 0.365 e. The number of carbonyl (C=O) groups excluding carboxylic acids is 1. The van der Waals surface area contributed by atoms with Crippen LogP contribution >= 0.6 is 11.3 Å². The number of thiophene rings is 1. The molecule has 0 N–H and O–H groups in total. The molecule has 0 aliphatic carbocycles. The molecule has 4 heterocycles. The third kappa shape index (κ3) is 4.42. The number of nitrogens with zero attached hydrogens (tertiary/aromatic N) is 5. The Morgan fingerprint density at radius 3 is 3.11 bits per heavy atom. The maximum atomic E-state index is 12.5. The Hall–Kier alpha value is -2.52. The number of aromatic nitrogens is 4. The first-order valence-corrected chi connectivity index (χ1v) is 9.79. The fraction of sp³-hybridized carbons (Fsp3) is 0.444. The summed E-state index contributed by atoms with van der Waals surface area (Å²) in [5, 5.41) is 10.4. The molecule has 3 aromatic heterocycles. The molecule has 1 aliphatic rings. The van der Waals surface area contributed by atoms with E-state index in [1.165, 1.54) is 4.88 Å². The van der Waals surface area contributed by atoms with Crippen LogP contribution in [0.25, 0.3) is 0 Å². The van der Waals surface area contributed by atoms with Crippen LogP contribution in [0.1, 0.15) is 34.8 Å². The van der Waals surface area contributed by atoms with Gasteiger partial charge in [-0.15, -0.1) is 11.3 Å². The van der Waals surface area contributed by atoms with Gasteiger partial charge in [0, 0.05) is 37.0 Å². The van der Waals surface area contributed by atoms with Crippen molar-refractivity contribution in [3.05, 3.63) is 52.1 Å². The summed E-state index contributed by atoms with van der Waals surface area (Å²) in [6.45, 7) is 3.96. The lowest BCUT2D eigenvalue weighted by Gasteiger charge is -2.31. The Morgan fingerprint density at radius 2 is 2.33 bits per heavy atom. The van der Waals surface area contributed by atoms with Crippen LogP contribution in [0.4, 0.5) is 0 Å². The van der Waals surface area contributed by atoms with Crippen LogP contribution in [-0.4, -0.2) is 50.4 Å². The summed E-state index contributed by atoms with van der Waals surface area (Å²) in [4.78, 5) is 20.0. The first-order chi connectivity index (χ1) is 13.2. The predicted molar refractivity (Wildman–Crippen MR) is 98.3 cm³/mol. The van der Waals surface area contributed by atoms with Crippen LogP contribution in [0.5, 0.6) is 0 Å². The van der Waals surface area contributed by atoms with Gasteiger partial charge in [-0.25, -0.2) is 0 Å². The number of morpholine rings is 1. The van der Waals surface area contributed by atoms with E-state index in [1.807, 2.05) is 36.7 Å². The van der Waals surface area contributed by atoms with Crippen LogP contribution in [0.3, 0.4) is 0 Å². The van der Waals surface area contributed by atoms with E-state index >= 15 is 0 Å². The van der Waals surface area contributed by atoms with E-state index in [1.54, 1.807) is 20.9 Å². The molecule has 1 atom stereocenters. The summed E-state index contributed by atoms with van der Waals surface area (Å²) in [5.74, 6) is 1.14. The van der Waals surface area contributed by atoms with Gasteiger partial charge in [0.2, 0.25) is 5.91 Å². The zero-order valence-electron chi connectivity index (χ0n) is 15.1. The van der Waals surface area contributed by atoms with Crippen molar-refractivity contribution in [2.24, 2.45) is 0 Å². The minimum Gasteiger partial charge on any atom is -0.365 e. The van der Waals surface area contributed by atoms with Crippen LogP contribution in [0.2, 0.25) is 0 Å². The highest BCUT2D eigenvalue weighted by atomic mass is 32.1. The molecule has 3 aromatic rings. The second-order valence-electron chi connectivity index (χ2n) is 6.47. The van der Waals surface area contributed by atoms with Crippen LogP contribution in [0, 0.1) is 6.92 Å². The molecule has 1 saturated heterocycles. The minimum absolute atomic E-state index is 0.0785. The Labute approximate surface area is 160 Å². The number of amides is 1. The van der Waals surface area contributed by atoms with Gasteiger partial charge in [0.05, 0.1) is 18.8 Å². The SMILES string of the molecule is Cc1ccn(CCC(=O)N2CCO[C@@H](c3nc(Cc4cccs4)no3)C2)n1. The smallest absolute Gasteiger partial charge is 0.257 e. The van der Waals surface area contributed by atoms with Gasteiger partial charge in [-0.3, -0.25) is 9.48 Å². The number of rotatable bonds is 6. The molecule has 0 unspecified atom stereocenters. The van der Waals surface area contributed by atoms with Crippen molar-refractivity contribution < 1.29 is 14.1 Å². The van der Waals surface area contributed by atoms with E-state index < -0.39 is 0 Å². The molecule has 1 fully saturated rings. The standard InChI is InChI=1S/C18H21N5O3S/c1-13-4-6-23(20-13)7-5-17(24)22-8-9-25-15(12-22)18-19-16(21-26-18)11-14-3-2-10-27-14/h2-4,6,10,15H,5,7-9,11-12H2,1H3/t15-/m1/s1. The first kappa shape index (κ1) is 17.9. The van der Waals surface area contributed by atoms with Crippen LogP contribution in [-0.2, 0) is 22.5 Å². The number of ether oxygens (including phenoxy) is 1. The number of aryl methyl sites for hydroxylation is 2. The molecular formula is C18H21N5O3S. The van der Waals surface area contributed by atoms with Gasteiger partial charge in [0.15, 0.2) is 11.9 Å². The average Bonchev–Trinajstić information content (AvgIpc) is 3.43. The Bertz CT molecular complexity index is 889. The number of carbonyl (C=O) groups is 1. The van der Waals surface area contributed by atoms with Crippen LogP contribution in [0.15, 0.2) is 34.3 Å². The third-order valence-electron chi connectivity index (χ3n) is 4.42. The molecule has 27 heavy (non-hydrogen) atoms. The lowest BCUT2D eigenvalue weighted by atomic mass is 10.2. The third-order valence-corrected chi connectivity index (χ3v) is 5.30. The molecule has 0 spiro atoms. The molecule has 4 rings (SSSR count). The van der Waals surface area contributed by atoms with E-state index in [-0.39, 0.29) is 12.0 Å². The molecule has 9 heteroatoms. The van der Waals surface area contributed by atoms with E-state index in [2.05, 4.69) is 15.2 Å². The van der Waals surface area contributed by atoms with Gasteiger partial charge in [-0.1, -0.05) is 11.2 Å². The maximum Gasteiger partial charge on any atom is 0.257 e. The molecule has 0 bridgehead atoms. The second-order valence-corrected chi connectivity index (χ2v) is 7.51. The monoisotopic (exact) mass is 387 g/mol. The van der Waals surface area contributed by atoms with Crippen molar-refractivity contribution in [1.29, 1.82) is 0 Å². The maximum absolute atomic E-state index is 12.5. The van der Waals surface area contributed by atoms with E-state index in [0.29, 0.717) is 50.8 Å². The summed E-state index contributed by atoms with van der Waals surface area (Å²) in [7, 11) is 0. The topological polar surface area (TPSA) is 86.3 Å². The van der Waals surface area contributed by atoms with Crippen molar-refractivity contribution in [2.45, 2.75) is 32.4 Å². The van der Waals surface area contributed by atoms with E-state index in [9.17, 15) is 4.79 Å². The van der Waals surface area contributed by atoms with Crippen molar-refractivity contribution in [2.75, 3.05) is 19.7 Å². The molecule has 0 radical (unpaired) electrons. The Morgan fingerprint density at radius 1 is 1.41 bits per heavy atom. The fourth-order valence-corrected chi connectivity index (χ4v) is 3.72. The van der Waals surface area contributed by atoms with Crippen molar-refractivity contribution in [3.63, 3.8) is 0 Å². The molecule has 8 nitrogen and oxygen atoms in total. The molecular weight excluding hydrogens is 366 g/mol. The lowest BCUT2D eigenvalue weighted by Crippen LogP contribution is -2.42. The van der Waals surface area contributed by atoms with Crippen molar-refractivity contribution in [1.82, 2.24) is 24.8 Å². The van der Waals surface area contributed by atoms with Gasteiger partial charge >= 0.3 is 0 Å². The molecule has 0 aromatic carbocycles. The summed E-state index contributed by atoms with van der Waals surface area (Å²) in [6.07, 6.45) is 2.55. The van der Waals surface area contributed by atoms with E-state index in [0.717, 1.165) is 5.69 Å². The molecule has 0 saturated carbocycles. The van der Waals surface area contributed by atoms with Gasteiger partial charge in [-0.05, 0) is 24.4 Å². The summed E-state index contributed by atoms with van der Waals surface area (Å²) in [5.41, 5.74) is 0.948. The zero-order chi connectivity index (χ0) is 18.6. The van der Waals surface area contributed by atoms with Gasteiger partial charge in [-0.2, -0.15) is 10.1 Å². The average molecular weight is 387 g/mol. The lowest BCUT2D eigenvalue weighted by molar-refractivity contribution is -0.140. The highest BCUT2D eigenvalue weighted by Crippen LogP contribution is 2.22. The molecule has 142 valence electrons. The molecule has 1 amide bonds. The van der Waals surface area contributed by atoms with Gasteiger partial charge in [0.1, 0.15) is 0 Å². The summed E-state index contributed by atoms with van der Waals surface area (Å²) >= 11 is 1.66. The highest BCUT2D eigenvalue weighted by Gasteiger charge is 2.29. The van der Waals surface area contributed by atoms with Crippen molar-refractivity contribution in [3.8, 4) is 0 Å². The van der Waals surface area contributed by atoms with Gasteiger partial charge < -0.3 is 14.2 Å². The van der Waals surface area contributed by atoms with E-state index in [4.69, 9.17) is 9.26 Å². The first-order valence-electron chi connectivity index (χ1n) is 8.91. The Kier molecular flexibility index (Phi) is 5.30. The minimum atomic E-state index is -0.376. The van der Waals surface area contributed by atoms with Gasteiger partial charge in [0.25, 0.3) is 5.89 Å². The Balaban J connectivity index is 1.33. The molecule has 1 aliphatic heterocycles.